The molecule has 1 atom stereocenters. The first-order valence-electron chi connectivity index (χ1n) is 11.0. The zero-order valence-electron chi connectivity index (χ0n) is 18.0. The number of aromatic nitrogens is 3. The fourth-order valence-corrected chi connectivity index (χ4v) is 4.98. The van der Waals surface area contributed by atoms with Crippen molar-refractivity contribution in [1.82, 2.24) is 20.1 Å². The monoisotopic (exact) mass is 419 g/mol. The number of fused-ring (bicyclic) bond motifs is 1. The summed E-state index contributed by atoms with van der Waals surface area (Å²) in [5.41, 5.74) is 2.42. The molecule has 5 rings (SSSR count). The topological polar surface area (TPSA) is 94.4 Å². The van der Waals surface area contributed by atoms with E-state index in [4.69, 9.17) is 0 Å². The van der Waals surface area contributed by atoms with Crippen LogP contribution in [0.3, 0.4) is 0 Å². The number of anilines is 1. The van der Waals surface area contributed by atoms with Crippen LogP contribution in [0.1, 0.15) is 38.2 Å². The number of aryl methyl sites for hydroxylation is 1. The van der Waals surface area contributed by atoms with Crippen molar-refractivity contribution < 1.29 is 10.2 Å². The number of piperidine rings is 1. The summed E-state index contributed by atoms with van der Waals surface area (Å²) in [5.74, 6) is 0.909. The third-order valence-electron chi connectivity index (χ3n) is 6.61. The van der Waals surface area contributed by atoms with Crippen LogP contribution >= 0.6 is 0 Å². The van der Waals surface area contributed by atoms with E-state index in [-0.39, 0.29) is 11.8 Å². The van der Waals surface area contributed by atoms with Crippen LogP contribution in [-0.2, 0) is 0 Å². The highest BCUT2D eigenvalue weighted by molar-refractivity contribution is 5.98. The predicted molar refractivity (Wildman–Crippen MR) is 121 cm³/mol. The molecule has 162 valence electrons. The quantitative estimate of drug-likeness (QED) is 0.596. The van der Waals surface area contributed by atoms with Crippen LogP contribution in [0.4, 0.5) is 5.82 Å². The maximum Gasteiger partial charge on any atom is 0.158 e. The number of hydrogen-bond acceptors (Lipinski definition) is 7. The van der Waals surface area contributed by atoms with E-state index in [0.29, 0.717) is 17.3 Å². The second kappa shape index (κ2) is 7.73. The van der Waals surface area contributed by atoms with Gasteiger partial charge in [-0.3, -0.25) is 9.88 Å². The molecule has 7 nitrogen and oxygen atoms in total. The fourth-order valence-electron chi connectivity index (χ4n) is 4.98. The molecule has 1 aliphatic heterocycles. The smallest absolute Gasteiger partial charge is 0.158 e. The van der Waals surface area contributed by atoms with Crippen LogP contribution in [0.2, 0.25) is 0 Å². The second-order valence-corrected chi connectivity index (χ2v) is 9.35. The first-order chi connectivity index (χ1) is 14.9. The van der Waals surface area contributed by atoms with Gasteiger partial charge in [0, 0.05) is 35.8 Å². The third kappa shape index (κ3) is 3.95. The van der Waals surface area contributed by atoms with Gasteiger partial charge in [-0.05, 0) is 75.9 Å². The van der Waals surface area contributed by atoms with Gasteiger partial charge in [0.05, 0.1) is 5.60 Å². The van der Waals surface area contributed by atoms with Crippen LogP contribution in [0, 0.1) is 6.92 Å². The Morgan fingerprint density at radius 3 is 2.81 bits per heavy atom. The third-order valence-corrected chi connectivity index (χ3v) is 6.61. The number of hydrogen-bond donors (Lipinski definition) is 3. The SMILES string of the molecule is Cc1ccc(-c2nnc(NC3CCCN(C4CC(C)(O)C4)C3)c3cccnc23)c(O)c1. The molecule has 0 spiro atoms. The molecule has 0 bridgehead atoms. The number of aliphatic hydroxyl groups is 1. The van der Waals surface area contributed by atoms with Gasteiger partial charge >= 0.3 is 0 Å². The normalized spacial score (nSPS) is 26.5. The molecule has 3 heterocycles. The largest absolute Gasteiger partial charge is 0.507 e. The van der Waals surface area contributed by atoms with Gasteiger partial charge in [-0.15, -0.1) is 10.2 Å². The van der Waals surface area contributed by atoms with Crippen LogP contribution < -0.4 is 5.32 Å². The number of likely N-dealkylation sites (tertiary alicyclic amines) is 1. The maximum atomic E-state index is 10.4. The van der Waals surface area contributed by atoms with Gasteiger partial charge in [0.15, 0.2) is 5.82 Å². The Morgan fingerprint density at radius 1 is 1.19 bits per heavy atom. The summed E-state index contributed by atoms with van der Waals surface area (Å²) in [6, 6.07) is 10.2. The summed E-state index contributed by atoms with van der Waals surface area (Å²) in [6.07, 6.45) is 5.63. The Hall–Kier alpha value is -2.77. The summed E-state index contributed by atoms with van der Waals surface area (Å²) < 4.78 is 0. The number of nitrogens with one attached hydrogen (secondary N) is 1. The van der Waals surface area contributed by atoms with E-state index in [2.05, 4.69) is 25.4 Å². The Balaban J connectivity index is 1.41. The summed E-state index contributed by atoms with van der Waals surface area (Å²) in [6.45, 7) is 5.88. The van der Waals surface area contributed by atoms with Crippen LogP contribution in [0.5, 0.6) is 5.75 Å². The molecular formula is C24H29N5O2. The number of pyridine rings is 1. The zero-order valence-corrected chi connectivity index (χ0v) is 18.0. The van der Waals surface area contributed by atoms with Gasteiger partial charge < -0.3 is 15.5 Å². The van der Waals surface area contributed by atoms with Gasteiger partial charge in [-0.2, -0.15) is 0 Å². The van der Waals surface area contributed by atoms with Gasteiger partial charge in [-0.1, -0.05) is 6.07 Å². The van der Waals surface area contributed by atoms with Gasteiger partial charge in [0.25, 0.3) is 0 Å². The minimum atomic E-state index is -0.504. The van der Waals surface area contributed by atoms with E-state index in [1.54, 1.807) is 12.3 Å². The van der Waals surface area contributed by atoms with Crippen molar-refractivity contribution in [2.24, 2.45) is 0 Å². The molecule has 0 amide bonds. The summed E-state index contributed by atoms with van der Waals surface area (Å²) >= 11 is 0. The lowest BCUT2D eigenvalue weighted by molar-refractivity contribution is -0.0823. The fraction of sp³-hybridized carbons (Fsp3) is 0.458. The van der Waals surface area contributed by atoms with Crippen molar-refractivity contribution in [1.29, 1.82) is 0 Å². The Kier molecular flexibility index (Phi) is 5.02. The van der Waals surface area contributed by atoms with Gasteiger partial charge in [0.2, 0.25) is 0 Å². The average molecular weight is 420 g/mol. The van der Waals surface area contributed by atoms with Crippen molar-refractivity contribution in [2.75, 3.05) is 18.4 Å². The molecule has 1 aliphatic carbocycles. The van der Waals surface area contributed by atoms with Gasteiger partial charge in [0.1, 0.15) is 17.0 Å². The number of phenols is 1. The Bertz CT molecular complexity index is 1110. The van der Waals surface area contributed by atoms with Crippen molar-refractivity contribution in [2.45, 2.75) is 57.2 Å². The zero-order chi connectivity index (χ0) is 21.6. The first-order valence-corrected chi connectivity index (χ1v) is 11.0. The molecule has 2 aromatic heterocycles. The van der Waals surface area contributed by atoms with Crippen molar-refractivity contribution in [3.63, 3.8) is 0 Å². The van der Waals surface area contributed by atoms with Crippen molar-refractivity contribution in [3.05, 3.63) is 42.1 Å². The minimum Gasteiger partial charge on any atom is -0.507 e. The molecule has 7 heteroatoms. The molecule has 1 saturated carbocycles. The molecule has 1 saturated heterocycles. The average Bonchev–Trinajstić information content (AvgIpc) is 2.73. The highest BCUT2D eigenvalue weighted by atomic mass is 16.3. The lowest BCUT2D eigenvalue weighted by atomic mass is 9.76. The van der Waals surface area contributed by atoms with Crippen molar-refractivity contribution >= 4 is 16.7 Å². The molecule has 1 unspecified atom stereocenters. The number of rotatable bonds is 4. The lowest BCUT2D eigenvalue weighted by Gasteiger charge is -2.49. The predicted octanol–water partition coefficient (Wildman–Crippen LogP) is 3.50. The second-order valence-electron chi connectivity index (χ2n) is 9.35. The molecule has 3 aromatic rings. The molecule has 31 heavy (non-hydrogen) atoms. The molecule has 3 N–H and O–H groups in total. The highest BCUT2D eigenvalue weighted by Crippen LogP contribution is 2.37. The van der Waals surface area contributed by atoms with E-state index < -0.39 is 5.60 Å². The van der Waals surface area contributed by atoms with Crippen LogP contribution in [0.15, 0.2) is 36.5 Å². The van der Waals surface area contributed by atoms with Crippen molar-refractivity contribution in [3.8, 4) is 17.0 Å². The molecule has 1 aromatic carbocycles. The number of benzene rings is 1. The van der Waals surface area contributed by atoms with E-state index >= 15 is 0 Å². The van der Waals surface area contributed by atoms with E-state index in [9.17, 15) is 10.2 Å². The summed E-state index contributed by atoms with van der Waals surface area (Å²) in [7, 11) is 0. The van der Waals surface area contributed by atoms with Crippen LogP contribution in [-0.4, -0.2) is 61.1 Å². The minimum absolute atomic E-state index is 0.182. The first kappa shape index (κ1) is 20.2. The molecule has 2 aliphatic rings. The number of aromatic hydroxyl groups is 1. The molecular weight excluding hydrogens is 390 g/mol. The van der Waals surface area contributed by atoms with E-state index in [0.717, 1.165) is 61.1 Å². The highest BCUT2D eigenvalue weighted by Gasteiger charge is 2.42. The molecule has 0 radical (unpaired) electrons. The summed E-state index contributed by atoms with van der Waals surface area (Å²) in [4.78, 5) is 7.06. The lowest BCUT2D eigenvalue weighted by Crippen LogP contribution is -2.57. The van der Waals surface area contributed by atoms with E-state index in [1.807, 2.05) is 38.1 Å². The number of phenolic OH excluding ortho intramolecular Hbond substituents is 1. The standard InChI is InChI=1S/C24H29N5O2/c1-15-7-8-18(20(30)11-15)22-21-19(6-3-9-25-21)23(28-27-22)26-16-5-4-10-29(14-16)17-12-24(2,31)13-17/h3,6-9,11,16-17,30-31H,4-5,10,12-14H2,1-2H3,(H,26,28). The van der Waals surface area contributed by atoms with Gasteiger partial charge in [-0.25, -0.2) is 0 Å². The Morgan fingerprint density at radius 2 is 2.03 bits per heavy atom. The summed E-state index contributed by atoms with van der Waals surface area (Å²) in [5, 5.41) is 34.0. The number of nitrogens with zero attached hydrogens (tertiary/aromatic N) is 4. The molecule has 2 fully saturated rings. The Labute approximate surface area is 182 Å². The van der Waals surface area contributed by atoms with Crippen LogP contribution in [0.25, 0.3) is 22.2 Å². The van der Waals surface area contributed by atoms with E-state index in [1.165, 1.54) is 0 Å². The maximum absolute atomic E-state index is 10.4.